The molecule has 5 heteroatoms. The number of morpholine rings is 1. The molecule has 21 heavy (non-hydrogen) atoms. The molecule has 1 fully saturated rings. The number of nitrogens with one attached hydrogen (secondary N) is 1. The fourth-order valence-electron chi connectivity index (χ4n) is 2.57. The summed E-state index contributed by atoms with van der Waals surface area (Å²) in [6, 6.07) is 7.00. The first-order valence-corrected chi connectivity index (χ1v) is 7.52. The molecule has 0 radical (unpaired) electrons. The minimum absolute atomic E-state index is 0.0579. The van der Waals surface area contributed by atoms with Crippen molar-refractivity contribution in [3.05, 3.63) is 29.8 Å². The molecular formula is C16H25N3O2. The largest absolute Gasteiger partial charge is 0.399 e. The SMILES string of the molecule is CC(C)CN1CCOC(CNC(=O)c2cccc(N)c2)C1. The normalized spacial score (nSPS) is 19.7. The zero-order valence-corrected chi connectivity index (χ0v) is 12.8. The molecule has 2 rings (SSSR count). The Morgan fingerprint density at radius 3 is 3.05 bits per heavy atom. The van der Waals surface area contributed by atoms with Crippen LogP contribution in [0.4, 0.5) is 5.69 Å². The maximum atomic E-state index is 12.1. The molecule has 1 heterocycles. The summed E-state index contributed by atoms with van der Waals surface area (Å²) in [4.78, 5) is 14.5. The van der Waals surface area contributed by atoms with E-state index in [9.17, 15) is 4.79 Å². The Bertz CT molecular complexity index is 476. The van der Waals surface area contributed by atoms with Crippen molar-refractivity contribution in [3.8, 4) is 0 Å². The second-order valence-corrected chi connectivity index (χ2v) is 5.98. The third-order valence-corrected chi connectivity index (χ3v) is 3.49. The number of hydrogen-bond acceptors (Lipinski definition) is 4. The van der Waals surface area contributed by atoms with Crippen molar-refractivity contribution >= 4 is 11.6 Å². The lowest BCUT2D eigenvalue weighted by Gasteiger charge is -2.33. The summed E-state index contributed by atoms with van der Waals surface area (Å²) < 4.78 is 5.72. The Morgan fingerprint density at radius 1 is 1.52 bits per heavy atom. The van der Waals surface area contributed by atoms with Crippen LogP contribution in [0.25, 0.3) is 0 Å². The van der Waals surface area contributed by atoms with Crippen LogP contribution in [-0.4, -0.2) is 49.7 Å². The van der Waals surface area contributed by atoms with Gasteiger partial charge < -0.3 is 15.8 Å². The summed E-state index contributed by atoms with van der Waals surface area (Å²) in [6.45, 7) is 8.60. The summed E-state index contributed by atoms with van der Waals surface area (Å²) in [6.07, 6.45) is 0.0579. The Balaban J connectivity index is 1.81. The van der Waals surface area contributed by atoms with E-state index in [1.807, 2.05) is 0 Å². The van der Waals surface area contributed by atoms with Gasteiger partial charge in [0.1, 0.15) is 0 Å². The summed E-state index contributed by atoms with van der Waals surface area (Å²) in [5.41, 5.74) is 6.87. The van der Waals surface area contributed by atoms with Gasteiger partial charge in [0.25, 0.3) is 5.91 Å². The molecular weight excluding hydrogens is 266 g/mol. The van der Waals surface area contributed by atoms with Crippen LogP contribution in [-0.2, 0) is 4.74 Å². The van der Waals surface area contributed by atoms with Gasteiger partial charge in [-0.1, -0.05) is 19.9 Å². The number of rotatable bonds is 5. The van der Waals surface area contributed by atoms with E-state index < -0.39 is 0 Å². The molecule has 1 aromatic carbocycles. The van der Waals surface area contributed by atoms with Crippen LogP contribution in [0.5, 0.6) is 0 Å². The molecule has 1 unspecified atom stereocenters. The van der Waals surface area contributed by atoms with Gasteiger partial charge >= 0.3 is 0 Å². The first-order chi connectivity index (χ1) is 10.0. The summed E-state index contributed by atoms with van der Waals surface area (Å²) in [7, 11) is 0. The number of nitrogen functional groups attached to an aromatic ring is 1. The van der Waals surface area contributed by atoms with Crippen molar-refractivity contribution in [2.75, 3.05) is 38.5 Å². The molecule has 116 valence electrons. The average Bonchev–Trinajstić information content (AvgIpc) is 2.44. The van der Waals surface area contributed by atoms with E-state index in [4.69, 9.17) is 10.5 Å². The lowest BCUT2D eigenvalue weighted by molar-refractivity contribution is -0.0295. The summed E-state index contributed by atoms with van der Waals surface area (Å²) in [5.74, 6) is 0.539. The number of ether oxygens (including phenoxy) is 1. The second kappa shape index (κ2) is 7.43. The fraction of sp³-hybridized carbons (Fsp3) is 0.562. The molecule has 5 nitrogen and oxygen atoms in total. The number of benzene rings is 1. The van der Waals surface area contributed by atoms with Crippen molar-refractivity contribution in [3.63, 3.8) is 0 Å². The Hall–Kier alpha value is -1.59. The van der Waals surface area contributed by atoms with Gasteiger partial charge in [0, 0.05) is 37.4 Å². The zero-order valence-electron chi connectivity index (χ0n) is 12.8. The molecule has 3 N–H and O–H groups in total. The minimum atomic E-state index is -0.105. The van der Waals surface area contributed by atoms with Crippen LogP contribution in [0.3, 0.4) is 0 Å². The van der Waals surface area contributed by atoms with Crippen molar-refractivity contribution in [1.29, 1.82) is 0 Å². The Labute approximate surface area is 126 Å². The quantitative estimate of drug-likeness (QED) is 0.804. The van der Waals surface area contributed by atoms with Crippen molar-refractivity contribution in [2.45, 2.75) is 20.0 Å². The summed E-state index contributed by atoms with van der Waals surface area (Å²) in [5, 5.41) is 2.92. The first kappa shape index (κ1) is 15.8. The molecule has 0 saturated carbocycles. The number of carbonyl (C=O) groups excluding carboxylic acids is 1. The van der Waals surface area contributed by atoms with Crippen LogP contribution >= 0.6 is 0 Å². The smallest absolute Gasteiger partial charge is 0.251 e. The number of amides is 1. The minimum Gasteiger partial charge on any atom is -0.399 e. The van der Waals surface area contributed by atoms with Gasteiger partial charge in [-0.2, -0.15) is 0 Å². The van der Waals surface area contributed by atoms with Gasteiger partial charge in [-0.3, -0.25) is 9.69 Å². The maximum absolute atomic E-state index is 12.1. The highest BCUT2D eigenvalue weighted by Crippen LogP contribution is 2.09. The first-order valence-electron chi connectivity index (χ1n) is 7.52. The van der Waals surface area contributed by atoms with Crippen LogP contribution in [0.1, 0.15) is 24.2 Å². The number of hydrogen-bond donors (Lipinski definition) is 2. The van der Waals surface area contributed by atoms with Gasteiger partial charge in [0.2, 0.25) is 0 Å². The van der Waals surface area contributed by atoms with Crippen molar-refractivity contribution in [2.24, 2.45) is 5.92 Å². The number of nitrogens with two attached hydrogens (primary N) is 1. The number of nitrogens with zero attached hydrogens (tertiary/aromatic N) is 1. The third kappa shape index (κ3) is 5.02. The molecule has 1 aliphatic heterocycles. The molecule has 1 aliphatic rings. The van der Waals surface area contributed by atoms with E-state index in [1.54, 1.807) is 24.3 Å². The zero-order chi connectivity index (χ0) is 15.2. The van der Waals surface area contributed by atoms with E-state index >= 15 is 0 Å². The molecule has 0 aliphatic carbocycles. The molecule has 1 atom stereocenters. The molecule has 1 saturated heterocycles. The average molecular weight is 291 g/mol. The molecule has 0 bridgehead atoms. The monoisotopic (exact) mass is 291 g/mol. The van der Waals surface area contributed by atoms with Gasteiger partial charge in [-0.25, -0.2) is 0 Å². The van der Waals surface area contributed by atoms with E-state index in [0.29, 0.717) is 23.7 Å². The third-order valence-electron chi connectivity index (χ3n) is 3.49. The Morgan fingerprint density at radius 2 is 2.33 bits per heavy atom. The molecule has 1 aromatic rings. The van der Waals surface area contributed by atoms with Crippen molar-refractivity contribution in [1.82, 2.24) is 10.2 Å². The predicted octanol–water partition coefficient (Wildman–Crippen LogP) is 1.36. The van der Waals surface area contributed by atoms with Crippen LogP contribution in [0.2, 0.25) is 0 Å². The summed E-state index contributed by atoms with van der Waals surface area (Å²) >= 11 is 0. The molecule has 1 amide bonds. The highest BCUT2D eigenvalue weighted by Gasteiger charge is 2.21. The standard InChI is InChI=1S/C16H25N3O2/c1-12(2)10-19-6-7-21-15(11-19)9-18-16(20)13-4-3-5-14(17)8-13/h3-5,8,12,15H,6-7,9-11,17H2,1-2H3,(H,18,20). The highest BCUT2D eigenvalue weighted by atomic mass is 16.5. The van der Waals surface area contributed by atoms with E-state index in [-0.39, 0.29) is 12.0 Å². The maximum Gasteiger partial charge on any atom is 0.251 e. The lowest BCUT2D eigenvalue weighted by Crippen LogP contribution is -2.48. The van der Waals surface area contributed by atoms with E-state index in [1.165, 1.54) is 0 Å². The lowest BCUT2D eigenvalue weighted by atomic mass is 10.1. The van der Waals surface area contributed by atoms with Gasteiger partial charge in [0.05, 0.1) is 12.7 Å². The van der Waals surface area contributed by atoms with E-state index in [0.717, 1.165) is 26.2 Å². The van der Waals surface area contributed by atoms with Gasteiger partial charge in [-0.15, -0.1) is 0 Å². The molecule has 0 aromatic heterocycles. The highest BCUT2D eigenvalue weighted by molar-refractivity contribution is 5.94. The van der Waals surface area contributed by atoms with Gasteiger partial charge in [-0.05, 0) is 24.1 Å². The molecule has 0 spiro atoms. The van der Waals surface area contributed by atoms with E-state index in [2.05, 4.69) is 24.1 Å². The fourth-order valence-corrected chi connectivity index (χ4v) is 2.57. The van der Waals surface area contributed by atoms with Crippen LogP contribution in [0.15, 0.2) is 24.3 Å². The topological polar surface area (TPSA) is 67.6 Å². The number of carbonyl (C=O) groups is 1. The van der Waals surface area contributed by atoms with Crippen molar-refractivity contribution < 1.29 is 9.53 Å². The van der Waals surface area contributed by atoms with Crippen LogP contribution < -0.4 is 11.1 Å². The van der Waals surface area contributed by atoms with Gasteiger partial charge in [0.15, 0.2) is 0 Å². The Kier molecular flexibility index (Phi) is 5.59. The number of anilines is 1. The van der Waals surface area contributed by atoms with Crippen LogP contribution in [0, 0.1) is 5.92 Å². The predicted molar refractivity (Wildman–Crippen MR) is 84.2 cm³/mol. The second-order valence-electron chi connectivity index (χ2n) is 5.98.